The number of rotatable bonds is 4. The number of benzene rings is 1. The summed E-state index contributed by atoms with van der Waals surface area (Å²) in [5, 5.41) is 18.3. The standard InChI is InChI=1S/C15H23BO3/c1-3-12-5-4-6-14(10-12)19-15-8-7-13(16(17)18)9-11(15)2/h7-9,12,14,17-18H,3-6,10H2,1-2H3. The van der Waals surface area contributed by atoms with Crippen molar-refractivity contribution in [1.29, 1.82) is 0 Å². The molecule has 1 aromatic rings. The molecule has 3 nitrogen and oxygen atoms in total. The summed E-state index contributed by atoms with van der Waals surface area (Å²) in [5.74, 6) is 1.66. The molecule has 4 heteroatoms. The Hall–Kier alpha value is -0.995. The van der Waals surface area contributed by atoms with E-state index >= 15 is 0 Å². The third kappa shape index (κ3) is 3.74. The molecule has 1 aliphatic carbocycles. The van der Waals surface area contributed by atoms with Gasteiger partial charge in [-0.15, -0.1) is 0 Å². The summed E-state index contributed by atoms with van der Waals surface area (Å²) < 4.78 is 6.09. The lowest BCUT2D eigenvalue weighted by molar-refractivity contribution is 0.121. The maximum Gasteiger partial charge on any atom is 0.488 e. The van der Waals surface area contributed by atoms with Crippen molar-refractivity contribution >= 4 is 12.6 Å². The van der Waals surface area contributed by atoms with Crippen molar-refractivity contribution in [3.63, 3.8) is 0 Å². The highest BCUT2D eigenvalue weighted by molar-refractivity contribution is 6.58. The summed E-state index contributed by atoms with van der Waals surface area (Å²) in [5.41, 5.74) is 1.48. The van der Waals surface area contributed by atoms with Crippen molar-refractivity contribution < 1.29 is 14.8 Å². The van der Waals surface area contributed by atoms with Crippen LogP contribution in [-0.4, -0.2) is 23.3 Å². The molecule has 1 aromatic carbocycles. The predicted molar refractivity (Wildman–Crippen MR) is 77.7 cm³/mol. The zero-order chi connectivity index (χ0) is 13.8. The summed E-state index contributed by atoms with van der Waals surface area (Å²) in [6.45, 7) is 4.19. The van der Waals surface area contributed by atoms with Gasteiger partial charge in [0.05, 0.1) is 6.10 Å². The molecule has 0 amide bonds. The van der Waals surface area contributed by atoms with Crippen molar-refractivity contribution in [2.24, 2.45) is 5.92 Å². The zero-order valence-electron chi connectivity index (χ0n) is 11.8. The van der Waals surface area contributed by atoms with Gasteiger partial charge in [0, 0.05) is 0 Å². The number of hydrogen-bond acceptors (Lipinski definition) is 3. The molecule has 1 aliphatic rings. The minimum absolute atomic E-state index is 0.308. The van der Waals surface area contributed by atoms with Crippen LogP contribution in [0.3, 0.4) is 0 Å². The van der Waals surface area contributed by atoms with E-state index in [4.69, 9.17) is 14.8 Å². The highest BCUT2D eigenvalue weighted by Gasteiger charge is 2.22. The highest BCUT2D eigenvalue weighted by Crippen LogP contribution is 2.30. The molecule has 2 unspecified atom stereocenters. The smallest absolute Gasteiger partial charge is 0.488 e. The predicted octanol–water partition coefficient (Wildman–Crippen LogP) is 2.02. The van der Waals surface area contributed by atoms with E-state index in [-0.39, 0.29) is 0 Å². The summed E-state index contributed by atoms with van der Waals surface area (Å²) in [4.78, 5) is 0. The Bertz CT molecular complexity index is 420. The van der Waals surface area contributed by atoms with Crippen LogP contribution in [0.5, 0.6) is 5.75 Å². The van der Waals surface area contributed by atoms with E-state index in [2.05, 4.69) is 6.92 Å². The molecule has 0 aromatic heterocycles. The molecule has 2 rings (SSSR count). The van der Waals surface area contributed by atoms with E-state index in [1.807, 2.05) is 13.0 Å². The van der Waals surface area contributed by atoms with Gasteiger partial charge in [-0.05, 0) is 49.2 Å². The van der Waals surface area contributed by atoms with Crippen molar-refractivity contribution in [2.45, 2.75) is 52.1 Å². The molecule has 2 N–H and O–H groups in total. The average Bonchev–Trinajstić information content (AvgIpc) is 2.41. The quantitative estimate of drug-likeness (QED) is 0.816. The van der Waals surface area contributed by atoms with Crippen LogP contribution in [0.15, 0.2) is 18.2 Å². The second-order valence-electron chi connectivity index (χ2n) is 5.58. The van der Waals surface area contributed by atoms with Crippen LogP contribution in [0, 0.1) is 12.8 Å². The van der Waals surface area contributed by atoms with Gasteiger partial charge < -0.3 is 14.8 Å². The van der Waals surface area contributed by atoms with E-state index in [1.54, 1.807) is 12.1 Å². The normalized spacial score (nSPS) is 23.2. The fourth-order valence-corrected chi connectivity index (χ4v) is 2.86. The summed E-state index contributed by atoms with van der Waals surface area (Å²) in [6.07, 6.45) is 6.37. The molecule has 104 valence electrons. The molecule has 0 saturated heterocycles. The third-order valence-electron chi connectivity index (χ3n) is 4.10. The Balaban J connectivity index is 2.02. The van der Waals surface area contributed by atoms with Crippen molar-refractivity contribution in [3.05, 3.63) is 23.8 Å². The van der Waals surface area contributed by atoms with Crippen LogP contribution < -0.4 is 10.2 Å². The Morgan fingerprint density at radius 3 is 2.74 bits per heavy atom. The molecule has 0 radical (unpaired) electrons. The third-order valence-corrected chi connectivity index (χ3v) is 4.10. The number of ether oxygens (including phenoxy) is 1. The fourth-order valence-electron chi connectivity index (χ4n) is 2.86. The van der Waals surface area contributed by atoms with E-state index in [0.717, 1.165) is 30.1 Å². The lowest BCUT2D eigenvalue weighted by Crippen LogP contribution is -2.30. The van der Waals surface area contributed by atoms with Gasteiger partial charge in [0.15, 0.2) is 0 Å². The van der Waals surface area contributed by atoms with Crippen LogP contribution in [0.1, 0.15) is 44.6 Å². The molecule has 0 spiro atoms. The molecule has 0 aliphatic heterocycles. The fraction of sp³-hybridized carbons (Fsp3) is 0.600. The Kier molecular flexibility index (Phi) is 4.89. The Morgan fingerprint density at radius 2 is 2.11 bits per heavy atom. The first-order valence-corrected chi connectivity index (χ1v) is 7.23. The van der Waals surface area contributed by atoms with E-state index < -0.39 is 7.12 Å². The molecular weight excluding hydrogens is 239 g/mol. The zero-order valence-corrected chi connectivity index (χ0v) is 11.8. The van der Waals surface area contributed by atoms with Crippen molar-refractivity contribution in [1.82, 2.24) is 0 Å². The van der Waals surface area contributed by atoms with Gasteiger partial charge in [0.25, 0.3) is 0 Å². The minimum Gasteiger partial charge on any atom is -0.490 e. The van der Waals surface area contributed by atoms with Crippen LogP contribution >= 0.6 is 0 Å². The largest absolute Gasteiger partial charge is 0.490 e. The van der Waals surface area contributed by atoms with E-state index in [9.17, 15) is 0 Å². The van der Waals surface area contributed by atoms with Crippen LogP contribution in [-0.2, 0) is 0 Å². The van der Waals surface area contributed by atoms with E-state index in [1.165, 1.54) is 19.3 Å². The van der Waals surface area contributed by atoms with Gasteiger partial charge in [-0.1, -0.05) is 31.9 Å². The lowest BCUT2D eigenvalue weighted by atomic mass is 9.79. The van der Waals surface area contributed by atoms with Gasteiger partial charge in [-0.3, -0.25) is 0 Å². The first-order valence-electron chi connectivity index (χ1n) is 7.23. The lowest BCUT2D eigenvalue weighted by Gasteiger charge is -2.29. The Labute approximate surface area is 115 Å². The van der Waals surface area contributed by atoms with E-state index in [0.29, 0.717) is 11.6 Å². The summed E-state index contributed by atoms with van der Waals surface area (Å²) in [7, 11) is -1.41. The SMILES string of the molecule is CCC1CCCC(Oc2ccc(B(O)O)cc2C)C1. The second-order valence-corrected chi connectivity index (χ2v) is 5.58. The first kappa shape index (κ1) is 14.4. The van der Waals surface area contributed by atoms with Gasteiger partial charge in [-0.25, -0.2) is 0 Å². The van der Waals surface area contributed by atoms with Crippen molar-refractivity contribution in [3.8, 4) is 5.75 Å². The number of hydrogen-bond donors (Lipinski definition) is 2. The maximum atomic E-state index is 9.14. The maximum absolute atomic E-state index is 9.14. The van der Waals surface area contributed by atoms with Gasteiger partial charge in [0.1, 0.15) is 5.75 Å². The second kappa shape index (κ2) is 6.44. The molecule has 2 atom stereocenters. The molecule has 1 fully saturated rings. The molecule has 19 heavy (non-hydrogen) atoms. The average molecular weight is 262 g/mol. The summed E-state index contributed by atoms with van der Waals surface area (Å²) in [6, 6.07) is 5.34. The summed E-state index contributed by atoms with van der Waals surface area (Å²) >= 11 is 0. The van der Waals surface area contributed by atoms with Gasteiger partial charge >= 0.3 is 7.12 Å². The molecule has 1 saturated carbocycles. The molecule has 0 bridgehead atoms. The Morgan fingerprint density at radius 1 is 1.32 bits per heavy atom. The van der Waals surface area contributed by atoms with Gasteiger partial charge in [0.2, 0.25) is 0 Å². The van der Waals surface area contributed by atoms with Crippen LogP contribution in [0.25, 0.3) is 0 Å². The topological polar surface area (TPSA) is 49.7 Å². The van der Waals surface area contributed by atoms with Crippen LogP contribution in [0.4, 0.5) is 0 Å². The van der Waals surface area contributed by atoms with Crippen LogP contribution in [0.2, 0.25) is 0 Å². The van der Waals surface area contributed by atoms with Gasteiger partial charge in [-0.2, -0.15) is 0 Å². The minimum atomic E-state index is -1.41. The number of aryl methyl sites for hydroxylation is 1. The van der Waals surface area contributed by atoms with Crippen molar-refractivity contribution in [2.75, 3.05) is 0 Å². The highest BCUT2D eigenvalue weighted by atomic mass is 16.5. The first-order chi connectivity index (χ1) is 9.10. The monoisotopic (exact) mass is 262 g/mol. The molecular formula is C15H23BO3. The molecule has 0 heterocycles.